The molecule has 0 aliphatic carbocycles. The van der Waals surface area contributed by atoms with E-state index in [4.69, 9.17) is 0 Å². The molecule has 1 aliphatic heterocycles. The summed E-state index contributed by atoms with van der Waals surface area (Å²) in [6.07, 6.45) is -3.42. The quantitative estimate of drug-likeness (QED) is 0.461. The molecular formula is C24H22F3N3O. The Morgan fingerprint density at radius 2 is 1.68 bits per heavy atom. The van der Waals surface area contributed by atoms with Gasteiger partial charge in [-0.15, -0.1) is 0 Å². The van der Waals surface area contributed by atoms with Gasteiger partial charge in [-0.05, 0) is 51.5 Å². The number of aromatic nitrogens is 1. The first kappa shape index (κ1) is 20.9. The van der Waals surface area contributed by atoms with Gasteiger partial charge in [-0.3, -0.25) is 4.79 Å². The molecule has 0 unspecified atom stereocenters. The monoisotopic (exact) mass is 425 g/mol. The SMILES string of the molecule is Cc1cccc2c(/C=C3/C(=O)N(c4ccccc4)N=C3C(F)(F)F)c(C)n(C(C)C)c12. The van der Waals surface area contributed by atoms with Crippen molar-refractivity contribution in [3.8, 4) is 0 Å². The molecule has 1 amide bonds. The van der Waals surface area contributed by atoms with Crippen molar-refractivity contribution in [1.29, 1.82) is 0 Å². The van der Waals surface area contributed by atoms with Crippen LogP contribution in [0.3, 0.4) is 0 Å². The number of hydrazone groups is 1. The molecule has 31 heavy (non-hydrogen) atoms. The summed E-state index contributed by atoms with van der Waals surface area (Å²) >= 11 is 0. The Morgan fingerprint density at radius 3 is 2.29 bits per heavy atom. The number of carbonyl (C=O) groups excluding carboxylic acids is 1. The van der Waals surface area contributed by atoms with Gasteiger partial charge in [0.1, 0.15) is 0 Å². The molecule has 160 valence electrons. The van der Waals surface area contributed by atoms with Crippen LogP contribution in [0, 0.1) is 13.8 Å². The Hall–Kier alpha value is -3.35. The first-order valence-corrected chi connectivity index (χ1v) is 9.98. The van der Waals surface area contributed by atoms with Gasteiger partial charge < -0.3 is 4.57 Å². The molecule has 0 radical (unpaired) electrons. The highest BCUT2D eigenvalue weighted by molar-refractivity contribution is 6.34. The van der Waals surface area contributed by atoms with Crippen LogP contribution >= 0.6 is 0 Å². The zero-order chi connectivity index (χ0) is 22.5. The number of para-hydroxylation sites is 2. The molecule has 0 spiro atoms. The van der Waals surface area contributed by atoms with Crippen LogP contribution in [0.1, 0.15) is 36.7 Å². The van der Waals surface area contributed by atoms with E-state index < -0.39 is 23.4 Å². The Morgan fingerprint density at radius 1 is 1.00 bits per heavy atom. The van der Waals surface area contributed by atoms with Crippen LogP contribution in [0.5, 0.6) is 0 Å². The summed E-state index contributed by atoms with van der Waals surface area (Å²) in [4.78, 5) is 13.1. The second-order valence-corrected chi connectivity index (χ2v) is 7.89. The Bertz CT molecular complexity index is 1230. The van der Waals surface area contributed by atoms with E-state index in [9.17, 15) is 18.0 Å². The van der Waals surface area contributed by atoms with Gasteiger partial charge in [0.15, 0.2) is 5.71 Å². The summed E-state index contributed by atoms with van der Waals surface area (Å²) in [5.74, 6) is -0.795. The maximum absolute atomic E-state index is 13.8. The molecule has 2 heterocycles. The smallest absolute Gasteiger partial charge is 0.342 e. The van der Waals surface area contributed by atoms with E-state index in [0.29, 0.717) is 5.56 Å². The molecule has 2 aromatic carbocycles. The first-order chi connectivity index (χ1) is 14.6. The summed E-state index contributed by atoms with van der Waals surface area (Å²) in [6.45, 7) is 7.88. The molecule has 0 saturated heterocycles. The lowest BCUT2D eigenvalue weighted by Crippen LogP contribution is -2.25. The van der Waals surface area contributed by atoms with Crippen LogP contribution in [-0.2, 0) is 4.79 Å². The van der Waals surface area contributed by atoms with E-state index in [2.05, 4.69) is 9.67 Å². The number of alkyl halides is 3. The highest BCUT2D eigenvalue weighted by atomic mass is 19.4. The third-order valence-corrected chi connectivity index (χ3v) is 5.47. The molecule has 4 rings (SSSR count). The highest BCUT2D eigenvalue weighted by Crippen LogP contribution is 2.36. The van der Waals surface area contributed by atoms with Crippen LogP contribution in [0.4, 0.5) is 18.9 Å². The topological polar surface area (TPSA) is 37.6 Å². The zero-order valence-corrected chi connectivity index (χ0v) is 17.7. The lowest BCUT2D eigenvalue weighted by Gasteiger charge is -2.14. The van der Waals surface area contributed by atoms with Crippen LogP contribution in [-0.4, -0.2) is 22.4 Å². The first-order valence-electron chi connectivity index (χ1n) is 9.98. The number of hydrogen-bond donors (Lipinski definition) is 0. The lowest BCUT2D eigenvalue weighted by molar-refractivity contribution is -0.114. The number of rotatable bonds is 3. The largest absolute Gasteiger partial charge is 0.435 e. The number of halogens is 3. The van der Waals surface area contributed by atoms with E-state index >= 15 is 0 Å². The molecule has 3 aromatic rings. The maximum Gasteiger partial charge on any atom is 0.435 e. The fourth-order valence-corrected chi connectivity index (χ4v) is 4.16. The second kappa shape index (κ2) is 7.41. The minimum absolute atomic E-state index is 0.103. The predicted octanol–water partition coefficient (Wildman–Crippen LogP) is 6.19. The summed E-state index contributed by atoms with van der Waals surface area (Å²) in [5.41, 5.74) is 2.03. The minimum Gasteiger partial charge on any atom is -0.342 e. The molecule has 4 nitrogen and oxygen atoms in total. The summed E-state index contributed by atoms with van der Waals surface area (Å²) < 4.78 is 43.6. The van der Waals surface area contributed by atoms with Crippen molar-refractivity contribution in [2.75, 3.05) is 5.01 Å². The Labute approximate surface area is 178 Å². The van der Waals surface area contributed by atoms with E-state index in [1.54, 1.807) is 30.3 Å². The van der Waals surface area contributed by atoms with Crippen molar-refractivity contribution in [3.05, 3.63) is 70.9 Å². The van der Waals surface area contributed by atoms with Crippen molar-refractivity contribution in [3.63, 3.8) is 0 Å². The number of nitrogens with zero attached hydrogens (tertiary/aromatic N) is 3. The minimum atomic E-state index is -4.76. The van der Waals surface area contributed by atoms with E-state index in [1.165, 1.54) is 6.08 Å². The number of amides is 1. The fourth-order valence-electron chi connectivity index (χ4n) is 4.16. The highest BCUT2D eigenvalue weighted by Gasteiger charge is 2.47. The van der Waals surface area contributed by atoms with Crippen LogP contribution in [0.25, 0.3) is 17.0 Å². The summed E-state index contributed by atoms with van der Waals surface area (Å²) in [6, 6.07) is 13.9. The van der Waals surface area contributed by atoms with E-state index in [1.807, 2.05) is 45.9 Å². The average Bonchev–Trinajstić information content (AvgIpc) is 3.19. The molecule has 1 aromatic heterocycles. The van der Waals surface area contributed by atoms with E-state index in [-0.39, 0.29) is 11.7 Å². The van der Waals surface area contributed by atoms with Crippen molar-refractivity contribution in [1.82, 2.24) is 4.57 Å². The third kappa shape index (κ3) is 3.44. The van der Waals surface area contributed by atoms with Gasteiger partial charge in [-0.25, -0.2) is 0 Å². The number of aryl methyl sites for hydroxylation is 1. The van der Waals surface area contributed by atoms with Gasteiger partial charge in [0.2, 0.25) is 0 Å². The number of anilines is 1. The molecule has 7 heteroatoms. The summed E-state index contributed by atoms with van der Waals surface area (Å²) in [7, 11) is 0. The van der Waals surface area contributed by atoms with Crippen molar-refractivity contribution in [2.45, 2.75) is 39.9 Å². The van der Waals surface area contributed by atoms with Gasteiger partial charge in [0, 0.05) is 22.7 Å². The van der Waals surface area contributed by atoms with Crippen molar-refractivity contribution >= 4 is 34.3 Å². The maximum atomic E-state index is 13.8. The van der Waals surface area contributed by atoms with E-state index in [0.717, 1.165) is 27.2 Å². The zero-order valence-electron chi connectivity index (χ0n) is 17.7. The normalized spacial score (nSPS) is 16.1. The van der Waals surface area contributed by atoms with Crippen LogP contribution in [0.2, 0.25) is 0 Å². The fraction of sp³-hybridized carbons (Fsp3) is 0.250. The molecule has 0 atom stereocenters. The predicted molar refractivity (Wildman–Crippen MR) is 117 cm³/mol. The van der Waals surface area contributed by atoms with Crippen molar-refractivity contribution < 1.29 is 18.0 Å². The lowest BCUT2D eigenvalue weighted by atomic mass is 10.0. The molecule has 0 N–H and O–H groups in total. The van der Waals surface area contributed by atoms with Gasteiger partial charge >= 0.3 is 6.18 Å². The molecule has 0 saturated carbocycles. The number of hydrogen-bond acceptors (Lipinski definition) is 2. The Balaban J connectivity index is 1.95. The second-order valence-electron chi connectivity index (χ2n) is 7.89. The van der Waals surface area contributed by atoms with Crippen molar-refractivity contribution in [2.24, 2.45) is 5.10 Å². The van der Waals surface area contributed by atoms with Crippen LogP contribution < -0.4 is 5.01 Å². The number of benzene rings is 2. The standard InChI is InChI=1S/C24H22F3N3O/c1-14(2)29-16(4)19(18-12-8-9-15(3)21(18)29)13-20-22(24(25,26)27)28-30(23(20)31)17-10-6-5-7-11-17/h5-14H,1-4H3/b20-13+. The Kier molecular flexibility index (Phi) is 5.00. The van der Waals surface area contributed by atoms with Gasteiger partial charge in [-0.2, -0.15) is 23.3 Å². The van der Waals surface area contributed by atoms with Gasteiger partial charge in [0.05, 0.1) is 16.8 Å². The summed E-state index contributed by atoms with van der Waals surface area (Å²) in [5, 5.41) is 5.29. The molecular weight excluding hydrogens is 403 g/mol. The molecule has 0 bridgehead atoms. The van der Waals surface area contributed by atoms with Gasteiger partial charge in [0.25, 0.3) is 5.91 Å². The van der Waals surface area contributed by atoms with Gasteiger partial charge in [-0.1, -0.05) is 36.4 Å². The number of fused-ring (bicyclic) bond motifs is 1. The van der Waals surface area contributed by atoms with Crippen LogP contribution in [0.15, 0.2) is 59.2 Å². The average molecular weight is 425 g/mol. The third-order valence-electron chi connectivity index (χ3n) is 5.47. The molecule has 1 aliphatic rings. The number of carbonyl (C=O) groups is 1. The molecule has 0 fully saturated rings.